The first-order chi connectivity index (χ1) is 6.97. The Bertz CT molecular complexity index is 394. The molecule has 0 aromatic heterocycles. The van der Waals surface area contributed by atoms with Crippen molar-refractivity contribution >= 4 is 5.97 Å². The molecule has 0 aliphatic rings. The number of carboxylic acid groups (broad SMARTS) is 1. The summed E-state index contributed by atoms with van der Waals surface area (Å²) in [7, 11) is 1.20. The van der Waals surface area contributed by atoms with Crippen molar-refractivity contribution in [1.29, 1.82) is 0 Å². The van der Waals surface area contributed by atoms with Gasteiger partial charge in [0.2, 0.25) is 5.82 Å². The van der Waals surface area contributed by atoms with E-state index in [1.54, 1.807) is 0 Å². The third kappa shape index (κ3) is 2.16. The minimum atomic E-state index is -1.33. The van der Waals surface area contributed by atoms with Crippen molar-refractivity contribution in [2.24, 2.45) is 5.73 Å². The van der Waals surface area contributed by atoms with Gasteiger partial charge in [0.15, 0.2) is 11.5 Å². The molecule has 1 aromatic carbocycles. The van der Waals surface area contributed by atoms with Gasteiger partial charge in [0.05, 0.1) is 7.11 Å². The SMILES string of the molecule is COc1cc(C(N)C(=O)O)cc(O)c1F. The second-order valence-electron chi connectivity index (χ2n) is 2.87. The molecule has 82 valence electrons. The van der Waals surface area contributed by atoms with E-state index in [4.69, 9.17) is 15.9 Å². The van der Waals surface area contributed by atoms with E-state index in [0.717, 1.165) is 12.1 Å². The molecular weight excluding hydrogens is 205 g/mol. The number of carboxylic acids is 1. The van der Waals surface area contributed by atoms with E-state index < -0.39 is 23.6 Å². The van der Waals surface area contributed by atoms with E-state index in [1.807, 2.05) is 0 Å². The minimum Gasteiger partial charge on any atom is -0.505 e. The zero-order valence-electron chi connectivity index (χ0n) is 7.90. The number of carbonyl (C=O) groups is 1. The van der Waals surface area contributed by atoms with Crippen LogP contribution in [-0.4, -0.2) is 23.3 Å². The number of aliphatic carboxylic acids is 1. The van der Waals surface area contributed by atoms with Crippen molar-refractivity contribution in [2.45, 2.75) is 6.04 Å². The third-order valence-electron chi connectivity index (χ3n) is 1.89. The summed E-state index contributed by atoms with van der Waals surface area (Å²) in [4.78, 5) is 10.6. The van der Waals surface area contributed by atoms with Gasteiger partial charge in [-0.25, -0.2) is 0 Å². The molecule has 4 N–H and O–H groups in total. The largest absolute Gasteiger partial charge is 0.505 e. The van der Waals surface area contributed by atoms with Gasteiger partial charge >= 0.3 is 5.97 Å². The first-order valence-electron chi connectivity index (χ1n) is 4.02. The van der Waals surface area contributed by atoms with E-state index in [2.05, 4.69) is 4.74 Å². The number of rotatable bonds is 3. The number of phenols is 1. The minimum absolute atomic E-state index is 0.0678. The predicted molar refractivity (Wildman–Crippen MR) is 49.2 cm³/mol. The highest BCUT2D eigenvalue weighted by Crippen LogP contribution is 2.29. The lowest BCUT2D eigenvalue weighted by molar-refractivity contribution is -0.138. The van der Waals surface area contributed by atoms with Crippen LogP contribution in [0.25, 0.3) is 0 Å². The smallest absolute Gasteiger partial charge is 0.325 e. The van der Waals surface area contributed by atoms with Crippen molar-refractivity contribution < 1.29 is 24.1 Å². The fourth-order valence-corrected chi connectivity index (χ4v) is 1.07. The highest BCUT2D eigenvalue weighted by Gasteiger charge is 2.19. The molecule has 0 fully saturated rings. The molecular formula is C9H10FNO4. The summed E-state index contributed by atoms with van der Waals surface area (Å²) < 4.78 is 17.7. The van der Waals surface area contributed by atoms with Crippen LogP contribution < -0.4 is 10.5 Å². The van der Waals surface area contributed by atoms with Gasteiger partial charge in [-0.2, -0.15) is 4.39 Å². The molecule has 1 unspecified atom stereocenters. The van der Waals surface area contributed by atoms with Gasteiger partial charge in [0.1, 0.15) is 6.04 Å². The number of phenolic OH excluding ortho intramolecular Hbond substituents is 1. The number of halogens is 1. The Balaban J connectivity index is 3.22. The Morgan fingerprint density at radius 2 is 2.20 bits per heavy atom. The standard InChI is InChI=1S/C9H10FNO4/c1-15-6-3-4(8(11)9(13)14)2-5(12)7(6)10/h2-3,8,12H,11H2,1H3,(H,13,14). The van der Waals surface area contributed by atoms with Crippen molar-refractivity contribution in [1.82, 2.24) is 0 Å². The molecule has 15 heavy (non-hydrogen) atoms. The molecule has 0 spiro atoms. The average Bonchev–Trinajstić information content (AvgIpc) is 2.20. The van der Waals surface area contributed by atoms with Crippen molar-refractivity contribution in [3.63, 3.8) is 0 Å². The molecule has 0 saturated carbocycles. The second-order valence-corrected chi connectivity index (χ2v) is 2.87. The lowest BCUT2D eigenvalue weighted by Crippen LogP contribution is -2.20. The number of nitrogens with two attached hydrogens (primary N) is 1. The lowest BCUT2D eigenvalue weighted by atomic mass is 10.1. The summed E-state index contributed by atoms with van der Waals surface area (Å²) in [6.45, 7) is 0. The summed E-state index contributed by atoms with van der Waals surface area (Å²) in [6.07, 6.45) is 0. The van der Waals surface area contributed by atoms with Crippen LogP contribution in [0, 0.1) is 5.82 Å². The Morgan fingerprint density at radius 3 is 2.67 bits per heavy atom. The number of ether oxygens (including phenoxy) is 1. The van der Waals surface area contributed by atoms with Gasteiger partial charge in [0.25, 0.3) is 0 Å². The average molecular weight is 215 g/mol. The zero-order valence-corrected chi connectivity index (χ0v) is 7.90. The second kappa shape index (κ2) is 4.14. The molecule has 5 nitrogen and oxygen atoms in total. The summed E-state index contributed by atoms with van der Waals surface area (Å²) >= 11 is 0. The van der Waals surface area contributed by atoms with Crippen LogP contribution in [0.15, 0.2) is 12.1 Å². The van der Waals surface area contributed by atoms with Crippen LogP contribution in [0.2, 0.25) is 0 Å². The summed E-state index contributed by atoms with van der Waals surface area (Å²) in [6, 6.07) is 0.759. The van der Waals surface area contributed by atoms with Gasteiger partial charge in [-0.1, -0.05) is 0 Å². The van der Waals surface area contributed by atoms with Gasteiger partial charge in [-0.05, 0) is 17.7 Å². The first-order valence-corrected chi connectivity index (χ1v) is 4.02. The normalized spacial score (nSPS) is 12.2. The number of hydrogen-bond acceptors (Lipinski definition) is 4. The van der Waals surface area contributed by atoms with Crippen LogP contribution >= 0.6 is 0 Å². The summed E-state index contributed by atoms with van der Waals surface area (Å²) in [5.41, 5.74) is 5.36. The Morgan fingerprint density at radius 1 is 1.60 bits per heavy atom. The van der Waals surface area contributed by atoms with E-state index in [0.29, 0.717) is 0 Å². The maximum absolute atomic E-state index is 13.1. The van der Waals surface area contributed by atoms with E-state index in [1.165, 1.54) is 7.11 Å². The maximum Gasteiger partial charge on any atom is 0.325 e. The van der Waals surface area contributed by atoms with Crippen molar-refractivity contribution in [3.05, 3.63) is 23.5 Å². The lowest BCUT2D eigenvalue weighted by Gasteiger charge is -2.10. The molecule has 0 radical (unpaired) electrons. The molecule has 0 amide bonds. The fraction of sp³-hybridized carbons (Fsp3) is 0.222. The molecule has 0 saturated heterocycles. The van der Waals surface area contributed by atoms with Crippen molar-refractivity contribution in [2.75, 3.05) is 7.11 Å². The summed E-state index contributed by atoms with van der Waals surface area (Å²) in [5, 5.41) is 17.8. The monoisotopic (exact) mass is 215 g/mol. The molecule has 1 aromatic rings. The predicted octanol–water partition coefficient (Wildman–Crippen LogP) is 0.624. The molecule has 1 atom stereocenters. The Kier molecular flexibility index (Phi) is 3.11. The van der Waals surface area contributed by atoms with Gasteiger partial charge in [-0.15, -0.1) is 0 Å². The summed E-state index contributed by atoms with van der Waals surface area (Å²) in [5.74, 6) is -3.16. The molecule has 1 rings (SSSR count). The van der Waals surface area contributed by atoms with Gasteiger partial charge in [-0.3, -0.25) is 4.79 Å². The molecule has 0 bridgehead atoms. The van der Waals surface area contributed by atoms with E-state index in [-0.39, 0.29) is 11.3 Å². The van der Waals surface area contributed by atoms with Crippen LogP contribution in [-0.2, 0) is 4.79 Å². The number of aromatic hydroxyl groups is 1. The number of hydrogen-bond donors (Lipinski definition) is 3. The van der Waals surface area contributed by atoms with Gasteiger partial charge < -0.3 is 20.7 Å². The first kappa shape index (κ1) is 11.3. The van der Waals surface area contributed by atoms with Crippen LogP contribution in [0.4, 0.5) is 4.39 Å². The Labute approximate surface area is 84.9 Å². The Hall–Kier alpha value is -1.82. The highest BCUT2D eigenvalue weighted by molar-refractivity contribution is 5.75. The molecule has 0 heterocycles. The van der Waals surface area contributed by atoms with Crippen molar-refractivity contribution in [3.8, 4) is 11.5 Å². The highest BCUT2D eigenvalue weighted by atomic mass is 19.1. The number of methoxy groups -OCH3 is 1. The quantitative estimate of drug-likeness (QED) is 0.687. The third-order valence-corrected chi connectivity index (χ3v) is 1.89. The van der Waals surface area contributed by atoms with Crippen LogP contribution in [0.5, 0.6) is 11.5 Å². The van der Waals surface area contributed by atoms with E-state index in [9.17, 15) is 9.18 Å². The van der Waals surface area contributed by atoms with Crippen LogP contribution in [0.1, 0.15) is 11.6 Å². The maximum atomic E-state index is 13.1. The fourth-order valence-electron chi connectivity index (χ4n) is 1.07. The zero-order chi connectivity index (χ0) is 11.6. The van der Waals surface area contributed by atoms with Crippen LogP contribution in [0.3, 0.4) is 0 Å². The topological polar surface area (TPSA) is 92.8 Å². The van der Waals surface area contributed by atoms with E-state index >= 15 is 0 Å². The molecule has 0 aliphatic carbocycles. The van der Waals surface area contributed by atoms with Gasteiger partial charge in [0, 0.05) is 0 Å². The molecule has 0 aliphatic heterocycles. The molecule has 6 heteroatoms. The number of benzene rings is 1.